The number of aliphatic hydroxyl groups excluding tert-OH is 1. The van der Waals surface area contributed by atoms with Crippen molar-refractivity contribution in [1.82, 2.24) is 9.97 Å². The molecule has 0 spiro atoms. The SMILES string of the molecule is CCCC(C(=O)OC1=c2nc3[nH]c2=CS1(C)O3)[C@@]1(C)CC(C)(CO)[C@@](C)(O)C(C)(O)C1(C)O. The topological polar surface area (TPSA) is 145 Å². The van der Waals surface area contributed by atoms with Crippen LogP contribution in [0, 0.1) is 16.7 Å². The second-order valence-corrected chi connectivity index (χ2v) is 13.6. The first-order chi connectivity index (χ1) is 15.0. The molecule has 5 N–H and O–H groups in total. The number of carbonyl (C=O) groups excluding carboxylic acids is 1. The molecule has 3 aliphatic heterocycles. The quantitative estimate of drug-likeness (QED) is 0.369. The fourth-order valence-corrected chi connectivity index (χ4v) is 8.11. The van der Waals surface area contributed by atoms with Crippen LogP contribution in [0.2, 0.25) is 0 Å². The molecule has 1 aromatic rings. The molecule has 4 heterocycles. The number of hydrogen-bond acceptors (Lipinski definition) is 8. The van der Waals surface area contributed by atoms with Gasteiger partial charge in [-0.15, -0.1) is 0 Å². The lowest BCUT2D eigenvalue weighted by Crippen LogP contribution is -2.80. The van der Waals surface area contributed by atoms with Crippen molar-refractivity contribution in [3.63, 3.8) is 0 Å². The van der Waals surface area contributed by atoms with Crippen LogP contribution < -0.4 is 14.9 Å². The third kappa shape index (κ3) is 2.87. The highest BCUT2D eigenvalue weighted by molar-refractivity contribution is 8.42. The predicted octanol–water partition coefficient (Wildman–Crippen LogP) is 0.590. The van der Waals surface area contributed by atoms with Crippen LogP contribution in [0.5, 0.6) is 6.01 Å². The van der Waals surface area contributed by atoms with Crippen LogP contribution in [0.4, 0.5) is 0 Å². The summed E-state index contributed by atoms with van der Waals surface area (Å²) in [5, 5.41) is 48.5. The van der Waals surface area contributed by atoms with Gasteiger partial charge in [0.2, 0.25) is 5.09 Å². The minimum absolute atomic E-state index is 0.0896. The van der Waals surface area contributed by atoms with Gasteiger partial charge in [-0.1, -0.05) is 27.2 Å². The van der Waals surface area contributed by atoms with E-state index in [0.29, 0.717) is 29.3 Å². The summed E-state index contributed by atoms with van der Waals surface area (Å²) in [4.78, 5) is 21.1. The lowest BCUT2D eigenvalue weighted by atomic mass is 9.42. The largest absolute Gasteiger partial charge is 0.415 e. The number of nitrogens with zero attached hydrogens (tertiary/aromatic N) is 1. The minimum Gasteiger partial charge on any atom is -0.415 e. The third-order valence-corrected chi connectivity index (χ3v) is 11.2. The molecule has 33 heavy (non-hydrogen) atoms. The number of aromatic amines is 1. The summed E-state index contributed by atoms with van der Waals surface area (Å²) in [5.74, 6) is -1.38. The predicted molar refractivity (Wildman–Crippen MR) is 124 cm³/mol. The highest BCUT2D eigenvalue weighted by Crippen LogP contribution is 2.64. The van der Waals surface area contributed by atoms with E-state index in [1.165, 1.54) is 20.8 Å². The van der Waals surface area contributed by atoms with Gasteiger partial charge in [-0.25, -0.2) is 0 Å². The zero-order chi connectivity index (χ0) is 24.8. The monoisotopic (exact) mass is 484 g/mol. The molecule has 4 bridgehead atoms. The van der Waals surface area contributed by atoms with Crippen molar-refractivity contribution >= 4 is 26.8 Å². The van der Waals surface area contributed by atoms with Crippen molar-refractivity contribution < 1.29 is 34.1 Å². The van der Waals surface area contributed by atoms with Gasteiger partial charge in [0.25, 0.3) is 0 Å². The normalized spacial score (nSPS) is 46.3. The molecule has 0 aromatic carbocycles. The van der Waals surface area contributed by atoms with E-state index in [2.05, 4.69) is 9.97 Å². The Morgan fingerprint density at radius 2 is 1.85 bits per heavy atom. The average Bonchev–Trinajstić information content (AvgIpc) is 3.10. The van der Waals surface area contributed by atoms with Gasteiger partial charge in [0.05, 0.1) is 23.5 Å². The summed E-state index contributed by atoms with van der Waals surface area (Å²) in [6.07, 6.45) is 2.97. The first kappa shape index (κ1) is 24.5. The third-order valence-electron chi connectivity index (χ3n) is 8.98. The second-order valence-electron chi connectivity index (χ2n) is 11.0. The molecule has 4 aliphatic rings. The van der Waals surface area contributed by atoms with E-state index in [4.69, 9.17) is 8.92 Å². The molecule has 7 atom stereocenters. The summed E-state index contributed by atoms with van der Waals surface area (Å²) >= 11 is 0. The highest BCUT2D eigenvalue weighted by Gasteiger charge is 2.74. The zero-order valence-electron chi connectivity index (χ0n) is 20.4. The Balaban J connectivity index is 1.78. The van der Waals surface area contributed by atoms with Crippen LogP contribution in [0.15, 0.2) is 0 Å². The van der Waals surface area contributed by atoms with Crippen molar-refractivity contribution in [2.75, 3.05) is 12.9 Å². The number of nitrogens with one attached hydrogen (secondary N) is 1. The van der Waals surface area contributed by atoms with E-state index in [9.17, 15) is 25.2 Å². The van der Waals surface area contributed by atoms with Crippen molar-refractivity contribution in [3.8, 4) is 6.01 Å². The van der Waals surface area contributed by atoms with Crippen molar-refractivity contribution in [3.05, 3.63) is 10.7 Å². The average molecular weight is 485 g/mol. The van der Waals surface area contributed by atoms with E-state index < -0.39 is 56.4 Å². The number of H-pyrrole nitrogens is 1. The number of carbonyl (C=O) groups is 1. The fraction of sp³-hybridized carbons (Fsp3) is 0.739. The maximum atomic E-state index is 13.7. The molecule has 9 nitrogen and oxygen atoms in total. The summed E-state index contributed by atoms with van der Waals surface area (Å²) in [6, 6.07) is 0.407. The van der Waals surface area contributed by atoms with Gasteiger partial charge in [-0.2, -0.15) is 4.98 Å². The van der Waals surface area contributed by atoms with Crippen molar-refractivity contribution in [1.29, 1.82) is 0 Å². The first-order valence-electron chi connectivity index (χ1n) is 11.3. The minimum atomic E-state index is -2.04. The molecule has 1 aliphatic carbocycles. The fourth-order valence-electron chi connectivity index (χ4n) is 6.06. The van der Waals surface area contributed by atoms with Gasteiger partial charge in [-0.3, -0.25) is 4.79 Å². The lowest BCUT2D eigenvalue weighted by molar-refractivity contribution is -0.343. The number of aromatic nitrogens is 2. The Bertz CT molecular complexity index is 1130. The van der Waals surface area contributed by atoms with E-state index >= 15 is 0 Å². The Morgan fingerprint density at radius 1 is 1.21 bits per heavy atom. The number of aliphatic hydroxyl groups is 4. The summed E-state index contributed by atoms with van der Waals surface area (Å²) in [6.45, 7) is 9.11. The molecule has 5 rings (SSSR count). The molecule has 0 amide bonds. The summed E-state index contributed by atoms with van der Waals surface area (Å²) in [7, 11) is -1.95. The smallest absolute Gasteiger partial charge is 0.315 e. The van der Waals surface area contributed by atoms with E-state index in [0.717, 1.165) is 5.35 Å². The number of imidazole rings is 1. The van der Waals surface area contributed by atoms with Crippen molar-refractivity contribution in [2.45, 2.75) is 77.6 Å². The Labute approximate surface area is 195 Å². The van der Waals surface area contributed by atoms with E-state index in [1.54, 1.807) is 13.8 Å². The number of ether oxygens (including phenoxy) is 1. The van der Waals surface area contributed by atoms with Crippen LogP contribution >= 0.6 is 10.3 Å². The molecule has 5 unspecified atom stereocenters. The first-order valence-corrected chi connectivity index (χ1v) is 13.3. The van der Waals surface area contributed by atoms with Gasteiger partial charge < -0.3 is 34.3 Å². The van der Waals surface area contributed by atoms with Gasteiger partial charge in [-0.05, 0) is 43.9 Å². The van der Waals surface area contributed by atoms with Gasteiger partial charge in [0.15, 0.2) is 0 Å². The maximum Gasteiger partial charge on any atom is 0.315 e. The Kier molecular flexibility index (Phi) is 5.18. The van der Waals surface area contributed by atoms with Crippen LogP contribution in [0.1, 0.15) is 60.8 Å². The standard InChI is InChI=1S/C23H36N2O7S/c1-8-9-13(16(27)31-17-15-14-10-33(17,7)32-18(24-14)25-15)20(3)11-19(2,12-26)21(4,28)23(6,30)22(20,5)29/h10,13,26,28-30H,8-9,11-12H2,1-7H3,(H,24,25)/t13?,19?,20-,21-,22?,23?/m1/s1. The molecule has 1 saturated carbocycles. The zero-order valence-corrected chi connectivity index (χ0v) is 21.2. The van der Waals surface area contributed by atoms with Gasteiger partial charge in [0.1, 0.15) is 16.6 Å². The summed E-state index contributed by atoms with van der Waals surface area (Å²) < 4.78 is 11.8. The van der Waals surface area contributed by atoms with Crippen LogP contribution in [-0.2, 0) is 9.53 Å². The number of esters is 1. The molecule has 1 aromatic heterocycles. The molecule has 186 valence electrons. The lowest BCUT2D eigenvalue weighted by Gasteiger charge is -2.67. The molecular formula is C23H36N2O7S. The van der Waals surface area contributed by atoms with E-state index in [1.807, 2.05) is 18.6 Å². The molecule has 0 radical (unpaired) electrons. The molecular weight excluding hydrogens is 448 g/mol. The highest BCUT2D eigenvalue weighted by atomic mass is 32.3. The Hall–Kier alpha value is -1.59. The maximum absolute atomic E-state index is 13.7. The second kappa shape index (κ2) is 6.97. The summed E-state index contributed by atoms with van der Waals surface area (Å²) in [5.41, 5.74) is -8.18. The van der Waals surface area contributed by atoms with Crippen LogP contribution in [-0.4, -0.2) is 66.0 Å². The van der Waals surface area contributed by atoms with Gasteiger partial charge in [0, 0.05) is 22.5 Å². The molecule has 10 heteroatoms. The van der Waals surface area contributed by atoms with Crippen LogP contribution in [0.25, 0.3) is 10.5 Å². The van der Waals surface area contributed by atoms with Crippen molar-refractivity contribution in [2.24, 2.45) is 16.7 Å². The van der Waals surface area contributed by atoms with Gasteiger partial charge >= 0.3 is 12.0 Å². The number of rotatable bonds is 6. The number of hydrogen-bond donors (Lipinski definition) is 5. The Morgan fingerprint density at radius 3 is 2.39 bits per heavy atom. The molecule has 1 fully saturated rings. The van der Waals surface area contributed by atoms with E-state index in [-0.39, 0.29) is 6.42 Å². The molecule has 0 saturated heterocycles. The van der Waals surface area contributed by atoms with Crippen LogP contribution in [0.3, 0.4) is 0 Å².